The zero-order chi connectivity index (χ0) is 16.4. The second-order valence-corrected chi connectivity index (χ2v) is 4.90. The number of carbonyl (C=O) groups excluding carboxylic acids is 1. The summed E-state index contributed by atoms with van der Waals surface area (Å²) in [7, 11) is 0. The number of nitro benzene ring substituents is 1. The van der Waals surface area contributed by atoms with Crippen LogP contribution in [0.2, 0.25) is 0 Å². The van der Waals surface area contributed by atoms with E-state index in [0.29, 0.717) is 28.3 Å². The Morgan fingerprint density at radius 1 is 1.30 bits per heavy atom. The van der Waals surface area contributed by atoms with Crippen molar-refractivity contribution in [3.05, 3.63) is 64.0 Å². The van der Waals surface area contributed by atoms with Crippen LogP contribution in [0.25, 0.3) is 11.1 Å². The van der Waals surface area contributed by atoms with Gasteiger partial charge in [-0.15, -0.1) is 0 Å². The van der Waals surface area contributed by atoms with Crippen molar-refractivity contribution in [3.63, 3.8) is 0 Å². The molecule has 2 aromatic carbocycles. The van der Waals surface area contributed by atoms with E-state index in [-0.39, 0.29) is 12.1 Å². The first-order valence-electron chi connectivity index (χ1n) is 6.83. The molecule has 1 aromatic heterocycles. The van der Waals surface area contributed by atoms with Crippen molar-refractivity contribution >= 4 is 22.8 Å². The zero-order valence-corrected chi connectivity index (χ0v) is 12.2. The maximum atomic E-state index is 12.0. The van der Waals surface area contributed by atoms with Gasteiger partial charge >= 0.3 is 5.97 Å². The Labute approximate surface area is 130 Å². The molecule has 1 heterocycles. The first-order chi connectivity index (χ1) is 11.0. The number of aromatic nitrogens is 1. The molecular formula is C16H12N2O5. The number of ether oxygens (including phenoxy) is 1. The van der Waals surface area contributed by atoms with E-state index in [1.54, 1.807) is 37.3 Å². The summed E-state index contributed by atoms with van der Waals surface area (Å²) in [4.78, 5) is 26.6. The molecule has 116 valence electrons. The Morgan fingerprint density at radius 2 is 2.09 bits per heavy atom. The van der Waals surface area contributed by atoms with Gasteiger partial charge in [-0.3, -0.25) is 14.9 Å². The Hall–Kier alpha value is -3.22. The summed E-state index contributed by atoms with van der Waals surface area (Å²) in [5.41, 5.74) is 1.38. The van der Waals surface area contributed by atoms with Crippen LogP contribution in [0.5, 0.6) is 5.75 Å². The van der Waals surface area contributed by atoms with Crippen LogP contribution < -0.4 is 4.74 Å². The van der Waals surface area contributed by atoms with Gasteiger partial charge in [0.05, 0.1) is 11.3 Å². The lowest BCUT2D eigenvalue weighted by Gasteiger charge is -2.04. The molecule has 3 aromatic rings. The number of aryl methyl sites for hydroxylation is 1. The molecule has 0 atom stereocenters. The van der Waals surface area contributed by atoms with Crippen molar-refractivity contribution in [2.24, 2.45) is 0 Å². The summed E-state index contributed by atoms with van der Waals surface area (Å²) in [6.45, 7) is 1.72. The van der Waals surface area contributed by atoms with Gasteiger partial charge in [0.1, 0.15) is 11.3 Å². The highest BCUT2D eigenvalue weighted by molar-refractivity contribution is 5.79. The predicted molar refractivity (Wildman–Crippen MR) is 81.2 cm³/mol. The lowest BCUT2D eigenvalue weighted by atomic mass is 10.1. The Kier molecular flexibility index (Phi) is 3.76. The average molecular weight is 312 g/mol. The van der Waals surface area contributed by atoms with E-state index in [1.165, 1.54) is 12.1 Å². The van der Waals surface area contributed by atoms with Crippen LogP contribution in [0.4, 0.5) is 5.69 Å². The molecule has 0 fully saturated rings. The van der Waals surface area contributed by atoms with Crippen LogP contribution in [0, 0.1) is 17.0 Å². The number of oxazole rings is 1. The highest BCUT2D eigenvalue weighted by Crippen LogP contribution is 2.23. The standard InChI is InChI=1S/C16H12N2O5/c1-10-17-13-7-6-12(9-15(13)22-10)23-16(19)8-11-4-2-3-5-14(11)18(20)21/h2-7,9H,8H2,1H3. The number of benzene rings is 2. The van der Waals surface area contributed by atoms with Gasteiger partial charge in [-0.1, -0.05) is 18.2 Å². The predicted octanol–water partition coefficient (Wildman–Crippen LogP) is 3.19. The van der Waals surface area contributed by atoms with Gasteiger partial charge in [-0.05, 0) is 12.1 Å². The van der Waals surface area contributed by atoms with Crippen molar-refractivity contribution in [1.29, 1.82) is 0 Å². The minimum Gasteiger partial charge on any atom is -0.441 e. The van der Waals surface area contributed by atoms with Crippen LogP contribution in [-0.4, -0.2) is 15.9 Å². The Bertz CT molecular complexity index is 900. The molecular weight excluding hydrogens is 300 g/mol. The third-order valence-corrected chi connectivity index (χ3v) is 3.22. The second kappa shape index (κ2) is 5.88. The fourth-order valence-corrected chi connectivity index (χ4v) is 2.25. The van der Waals surface area contributed by atoms with Crippen molar-refractivity contribution in [3.8, 4) is 5.75 Å². The maximum Gasteiger partial charge on any atom is 0.315 e. The van der Waals surface area contributed by atoms with Crippen LogP contribution in [0.15, 0.2) is 46.9 Å². The van der Waals surface area contributed by atoms with Crippen LogP contribution in [-0.2, 0) is 11.2 Å². The summed E-state index contributed by atoms with van der Waals surface area (Å²) >= 11 is 0. The molecule has 0 spiro atoms. The van der Waals surface area contributed by atoms with E-state index in [2.05, 4.69) is 4.98 Å². The molecule has 7 heteroatoms. The summed E-state index contributed by atoms with van der Waals surface area (Å²) < 4.78 is 10.6. The Balaban J connectivity index is 1.77. The summed E-state index contributed by atoms with van der Waals surface area (Å²) in [6, 6.07) is 10.9. The van der Waals surface area contributed by atoms with Crippen molar-refractivity contribution < 1.29 is 18.9 Å². The number of nitro groups is 1. The molecule has 0 radical (unpaired) electrons. The van der Waals surface area contributed by atoms with Gasteiger partial charge in [-0.25, -0.2) is 4.98 Å². The number of fused-ring (bicyclic) bond motifs is 1. The second-order valence-electron chi connectivity index (χ2n) is 4.90. The average Bonchev–Trinajstić information content (AvgIpc) is 2.86. The molecule has 0 aliphatic heterocycles. The van der Waals surface area contributed by atoms with Crippen LogP contribution in [0.1, 0.15) is 11.5 Å². The number of carbonyl (C=O) groups is 1. The topological polar surface area (TPSA) is 95.5 Å². The monoisotopic (exact) mass is 312 g/mol. The molecule has 23 heavy (non-hydrogen) atoms. The normalized spacial score (nSPS) is 10.7. The van der Waals surface area contributed by atoms with E-state index in [4.69, 9.17) is 9.15 Å². The summed E-state index contributed by atoms with van der Waals surface area (Å²) in [6.07, 6.45) is -0.190. The highest BCUT2D eigenvalue weighted by Gasteiger charge is 2.17. The van der Waals surface area contributed by atoms with Crippen LogP contribution in [0.3, 0.4) is 0 Å². The van der Waals surface area contributed by atoms with Gasteiger partial charge in [0.2, 0.25) is 0 Å². The molecule has 0 bridgehead atoms. The fraction of sp³-hybridized carbons (Fsp3) is 0.125. The van der Waals surface area contributed by atoms with Gasteiger partial charge in [0.25, 0.3) is 5.69 Å². The fourth-order valence-electron chi connectivity index (χ4n) is 2.25. The summed E-state index contributed by atoms with van der Waals surface area (Å²) in [5, 5.41) is 10.9. The maximum absolute atomic E-state index is 12.0. The minimum atomic E-state index is -0.588. The van der Waals surface area contributed by atoms with E-state index in [1.807, 2.05) is 0 Å². The molecule has 0 aliphatic rings. The summed E-state index contributed by atoms with van der Waals surface area (Å²) in [5.74, 6) is 0.232. The number of nitrogens with zero attached hydrogens (tertiary/aromatic N) is 2. The molecule has 0 amide bonds. The molecule has 0 aliphatic carbocycles. The Morgan fingerprint density at radius 3 is 2.87 bits per heavy atom. The molecule has 0 saturated carbocycles. The first-order valence-corrected chi connectivity index (χ1v) is 6.83. The van der Waals surface area contributed by atoms with Crippen molar-refractivity contribution in [2.75, 3.05) is 0 Å². The smallest absolute Gasteiger partial charge is 0.315 e. The van der Waals surface area contributed by atoms with Gasteiger partial charge in [0, 0.05) is 24.6 Å². The van der Waals surface area contributed by atoms with Gasteiger partial charge in [-0.2, -0.15) is 0 Å². The zero-order valence-electron chi connectivity index (χ0n) is 12.2. The SMILES string of the molecule is Cc1nc2ccc(OC(=O)Cc3ccccc3[N+](=O)[O-])cc2o1. The van der Waals surface area contributed by atoms with Crippen LogP contribution >= 0.6 is 0 Å². The van der Waals surface area contributed by atoms with E-state index >= 15 is 0 Å². The first kappa shape index (κ1) is 14.7. The lowest BCUT2D eigenvalue weighted by molar-refractivity contribution is -0.385. The lowest BCUT2D eigenvalue weighted by Crippen LogP contribution is -2.12. The molecule has 0 N–H and O–H groups in total. The molecule has 7 nitrogen and oxygen atoms in total. The number of hydrogen-bond donors (Lipinski definition) is 0. The third-order valence-electron chi connectivity index (χ3n) is 3.22. The molecule has 0 unspecified atom stereocenters. The van der Waals surface area contributed by atoms with E-state index in [9.17, 15) is 14.9 Å². The highest BCUT2D eigenvalue weighted by atomic mass is 16.6. The van der Waals surface area contributed by atoms with Crippen molar-refractivity contribution in [2.45, 2.75) is 13.3 Å². The van der Waals surface area contributed by atoms with Gasteiger partial charge < -0.3 is 9.15 Å². The number of rotatable bonds is 4. The molecule has 0 saturated heterocycles. The number of para-hydroxylation sites is 1. The molecule has 3 rings (SSSR count). The largest absolute Gasteiger partial charge is 0.441 e. The van der Waals surface area contributed by atoms with Gasteiger partial charge in [0.15, 0.2) is 11.5 Å². The minimum absolute atomic E-state index is 0.106. The third kappa shape index (κ3) is 3.18. The number of esters is 1. The number of hydrogen-bond acceptors (Lipinski definition) is 6. The van der Waals surface area contributed by atoms with Crippen molar-refractivity contribution in [1.82, 2.24) is 4.98 Å². The quantitative estimate of drug-likeness (QED) is 0.318. The van der Waals surface area contributed by atoms with E-state index < -0.39 is 10.9 Å². The van der Waals surface area contributed by atoms with E-state index in [0.717, 1.165) is 0 Å².